The van der Waals surface area contributed by atoms with Crippen LogP contribution in [0, 0.1) is 19.8 Å². The Kier molecular flexibility index (Phi) is 6.09. The Balaban J connectivity index is 1.84. The minimum Gasteiger partial charge on any atom is -0.387 e. The van der Waals surface area contributed by atoms with Crippen LogP contribution in [0.15, 0.2) is 35.1 Å². The Bertz CT molecular complexity index is 963. The number of H-pyrrole nitrogens is 1. The minimum atomic E-state index is -0.577. The first-order chi connectivity index (χ1) is 12.8. The molecule has 2 aromatic heterocycles. The average Bonchev–Trinajstić information content (AvgIpc) is 2.89. The second kappa shape index (κ2) is 8.33. The van der Waals surface area contributed by atoms with Gasteiger partial charge in [0, 0.05) is 18.0 Å². The molecule has 0 aliphatic carbocycles. The molecule has 0 amide bonds. The highest BCUT2D eigenvalue weighted by atomic mass is 32.1. The van der Waals surface area contributed by atoms with Crippen LogP contribution in [-0.4, -0.2) is 33.1 Å². The molecule has 1 atom stereocenters. The smallest absolute Gasteiger partial charge is 0.259 e. The van der Waals surface area contributed by atoms with Crippen LogP contribution in [0.4, 0.5) is 0 Å². The predicted molar refractivity (Wildman–Crippen MR) is 111 cm³/mol. The van der Waals surface area contributed by atoms with E-state index in [2.05, 4.69) is 28.7 Å². The Morgan fingerprint density at radius 1 is 1.19 bits per heavy atom. The van der Waals surface area contributed by atoms with Gasteiger partial charge in [-0.1, -0.05) is 44.2 Å². The van der Waals surface area contributed by atoms with Gasteiger partial charge in [0.25, 0.3) is 5.56 Å². The molecule has 3 rings (SSSR count). The molecule has 1 aromatic carbocycles. The molecule has 0 spiro atoms. The first-order valence-corrected chi connectivity index (χ1v) is 10.1. The van der Waals surface area contributed by atoms with Crippen molar-refractivity contribution in [2.75, 3.05) is 13.1 Å². The average molecular weight is 386 g/mol. The molecule has 0 radical (unpaired) electrons. The third kappa shape index (κ3) is 4.64. The normalized spacial score (nSPS) is 13.0. The van der Waals surface area contributed by atoms with Crippen LogP contribution in [0.5, 0.6) is 0 Å². The monoisotopic (exact) mass is 385 g/mol. The van der Waals surface area contributed by atoms with Gasteiger partial charge in [-0.25, -0.2) is 4.98 Å². The van der Waals surface area contributed by atoms with E-state index in [1.54, 1.807) is 11.3 Å². The van der Waals surface area contributed by atoms with E-state index in [1.807, 2.05) is 44.2 Å². The number of fused-ring (bicyclic) bond motifs is 1. The molecule has 0 fully saturated rings. The minimum absolute atomic E-state index is 0.0787. The first-order valence-electron chi connectivity index (χ1n) is 9.29. The number of rotatable bonds is 7. The van der Waals surface area contributed by atoms with E-state index < -0.39 is 6.10 Å². The molecule has 0 aliphatic rings. The highest BCUT2D eigenvalue weighted by molar-refractivity contribution is 7.18. The van der Waals surface area contributed by atoms with Gasteiger partial charge < -0.3 is 10.1 Å². The van der Waals surface area contributed by atoms with Crippen molar-refractivity contribution < 1.29 is 5.11 Å². The number of thiophene rings is 1. The Morgan fingerprint density at radius 3 is 2.56 bits per heavy atom. The molecule has 27 heavy (non-hydrogen) atoms. The van der Waals surface area contributed by atoms with Gasteiger partial charge in [0.15, 0.2) is 0 Å². The summed E-state index contributed by atoms with van der Waals surface area (Å²) in [5, 5.41) is 11.3. The first kappa shape index (κ1) is 19.7. The van der Waals surface area contributed by atoms with Gasteiger partial charge in [-0.2, -0.15) is 0 Å². The van der Waals surface area contributed by atoms with E-state index >= 15 is 0 Å². The van der Waals surface area contributed by atoms with Crippen molar-refractivity contribution in [2.24, 2.45) is 5.92 Å². The maximum absolute atomic E-state index is 12.5. The fourth-order valence-electron chi connectivity index (χ4n) is 3.33. The molecule has 0 aliphatic heterocycles. The van der Waals surface area contributed by atoms with Gasteiger partial charge in [0.05, 0.1) is 18.0 Å². The van der Waals surface area contributed by atoms with Crippen LogP contribution in [-0.2, 0) is 6.54 Å². The third-order valence-electron chi connectivity index (χ3n) is 4.70. The van der Waals surface area contributed by atoms with Crippen LogP contribution >= 0.6 is 11.3 Å². The van der Waals surface area contributed by atoms with Gasteiger partial charge >= 0.3 is 0 Å². The molecular weight excluding hydrogens is 358 g/mol. The van der Waals surface area contributed by atoms with Crippen LogP contribution in [0.1, 0.15) is 41.8 Å². The second-order valence-electron chi connectivity index (χ2n) is 7.49. The number of aryl methyl sites for hydroxylation is 2. The lowest BCUT2D eigenvalue weighted by molar-refractivity contribution is 0.100. The summed E-state index contributed by atoms with van der Waals surface area (Å²) in [6.45, 7) is 10.1. The number of aromatic nitrogens is 2. The number of hydrogen-bond donors (Lipinski definition) is 2. The van der Waals surface area contributed by atoms with Crippen molar-refractivity contribution >= 4 is 21.6 Å². The fraction of sp³-hybridized carbons (Fsp3) is 0.429. The number of nitrogens with one attached hydrogen (secondary N) is 1. The number of benzene rings is 1. The summed E-state index contributed by atoms with van der Waals surface area (Å²) in [6.07, 6.45) is -0.577. The molecule has 6 heteroatoms. The van der Waals surface area contributed by atoms with E-state index in [-0.39, 0.29) is 5.56 Å². The summed E-state index contributed by atoms with van der Waals surface area (Å²) in [6, 6.07) is 9.67. The van der Waals surface area contributed by atoms with Gasteiger partial charge in [-0.3, -0.25) is 9.69 Å². The quantitative estimate of drug-likeness (QED) is 0.649. The molecular formula is C21H27N3O2S. The summed E-state index contributed by atoms with van der Waals surface area (Å²) in [7, 11) is 0. The van der Waals surface area contributed by atoms with Crippen LogP contribution in [0.3, 0.4) is 0 Å². The third-order valence-corrected chi connectivity index (χ3v) is 5.80. The zero-order chi connectivity index (χ0) is 19.6. The van der Waals surface area contributed by atoms with Crippen molar-refractivity contribution in [2.45, 2.75) is 40.3 Å². The standard InChI is InChI=1S/C21H27N3O2S/c1-13(2)10-24(11-17(25)16-8-6-5-7-9-16)12-18-22-20(26)19-14(3)15(4)27-21(19)23-18/h5-9,13,17,25H,10-12H2,1-4H3,(H,22,23,26). The van der Waals surface area contributed by atoms with E-state index in [0.29, 0.717) is 30.2 Å². The fourth-order valence-corrected chi connectivity index (χ4v) is 4.38. The van der Waals surface area contributed by atoms with Crippen molar-refractivity contribution in [3.8, 4) is 0 Å². The van der Waals surface area contributed by atoms with E-state index in [4.69, 9.17) is 0 Å². The highest BCUT2D eigenvalue weighted by Gasteiger charge is 2.18. The summed E-state index contributed by atoms with van der Waals surface area (Å²) in [4.78, 5) is 24.2. The van der Waals surface area contributed by atoms with E-state index in [9.17, 15) is 9.90 Å². The SMILES string of the molecule is Cc1sc2nc(CN(CC(C)C)CC(O)c3ccccc3)[nH]c(=O)c2c1C. The Morgan fingerprint density at radius 2 is 1.89 bits per heavy atom. The maximum Gasteiger partial charge on any atom is 0.259 e. The Hall–Kier alpha value is -2.02. The van der Waals surface area contributed by atoms with E-state index in [0.717, 1.165) is 27.4 Å². The number of aliphatic hydroxyl groups is 1. The zero-order valence-electron chi connectivity index (χ0n) is 16.3. The number of nitrogens with zero attached hydrogens (tertiary/aromatic N) is 2. The van der Waals surface area contributed by atoms with Crippen molar-refractivity contribution in [1.82, 2.24) is 14.9 Å². The zero-order valence-corrected chi connectivity index (χ0v) is 17.1. The topological polar surface area (TPSA) is 69.2 Å². The molecule has 2 heterocycles. The lowest BCUT2D eigenvalue weighted by atomic mass is 10.1. The molecule has 5 nitrogen and oxygen atoms in total. The molecule has 3 aromatic rings. The molecule has 2 N–H and O–H groups in total. The van der Waals surface area contributed by atoms with E-state index in [1.165, 1.54) is 0 Å². The van der Waals surface area contributed by atoms with Crippen molar-refractivity contribution in [1.29, 1.82) is 0 Å². The maximum atomic E-state index is 12.5. The predicted octanol–water partition coefficient (Wildman–Crippen LogP) is 3.79. The molecule has 0 saturated carbocycles. The van der Waals surface area contributed by atoms with Crippen LogP contribution in [0.25, 0.3) is 10.2 Å². The summed E-state index contributed by atoms with van der Waals surface area (Å²) in [5.41, 5.74) is 1.83. The van der Waals surface area contributed by atoms with Crippen LogP contribution < -0.4 is 5.56 Å². The molecule has 1 unspecified atom stereocenters. The highest BCUT2D eigenvalue weighted by Crippen LogP contribution is 2.26. The summed E-state index contributed by atoms with van der Waals surface area (Å²) in [5.74, 6) is 1.09. The Labute approximate surface area is 163 Å². The largest absolute Gasteiger partial charge is 0.387 e. The summed E-state index contributed by atoms with van der Waals surface area (Å²) >= 11 is 1.56. The van der Waals surface area contributed by atoms with Crippen molar-refractivity contribution in [3.05, 3.63) is 62.5 Å². The van der Waals surface area contributed by atoms with Crippen molar-refractivity contribution in [3.63, 3.8) is 0 Å². The lowest BCUT2D eigenvalue weighted by Crippen LogP contribution is -2.33. The number of aliphatic hydroxyl groups excluding tert-OH is 1. The second-order valence-corrected chi connectivity index (χ2v) is 8.69. The number of hydrogen-bond acceptors (Lipinski definition) is 5. The van der Waals surface area contributed by atoms with Crippen LogP contribution in [0.2, 0.25) is 0 Å². The molecule has 144 valence electrons. The van der Waals surface area contributed by atoms with Gasteiger partial charge in [0.2, 0.25) is 0 Å². The molecule has 0 bridgehead atoms. The van der Waals surface area contributed by atoms with Gasteiger partial charge in [-0.05, 0) is 30.9 Å². The summed E-state index contributed by atoms with van der Waals surface area (Å²) < 4.78 is 0. The lowest BCUT2D eigenvalue weighted by Gasteiger charge is -2.26. The number of aromatic amines is 1. The molecule has 0 saturated heterocycles. The van der Waals surface area contributed by atoms with Gasteiger partial charge in [0.1, 0.15) is 10.7 Å². The van der Waals surface area contributed by atoms with Gasteiger partial charge in [-0.15, -0.1) is 11.3 Å².